The highest BCUT2D eigenvalue weighted by atomic mass is 32.1. The summed E-state index contributed by atoms with van der Waals surface area (Å²) in [6, 6.07) is 6.01. The Morgan fingerprint density at radius 2 is 2.07 bits per heavy atom. The molecule has 0 saturated heterocycles. The van der Waals surface area contributed by atoms with Gasteiger partial charge in [-0.1, -0.05) is 13.0 Å². The van der Waals surface area contributed by atoms with Crippen molar-refractivity contribution in [2.75, 3.05) is 0 Å². The average Bonchev–Trinajstić information content (AvgIpc) is 2.66. The smallest absolute Gasteiger partial charge is 0.0998 e. The molecular weight excluding hydrogens is 192 g/mol. The summed E-state index contributed by atoms with van der Waals surface area (Å²) in [5.74, 6) is 0. The second-order valence-electron chi connectivity index (χ2n) is 3.14. The van der Waals surface area contributed by atoms with Gasteiger partial charge in [0.1, 0.15) is 0 Å². The van der Waals surface area contributed by atoms with E-state index in [4.69, 9.17) is 0 Å². The van der Waals surface area contributed by atoms with E-state index in [-0.39, 0.29) is 0 Å². The maximum absolute atomic E-state index is 4.50. The Labute approximate surface area is 87.7 Å². The summed E-state index contributed by atoms with van der Waals surface area (Å²) in [6.45, 7) is 4.11. The predicted octanol–water partition coefficient (Wildman–Crippen LogP) is 3.08. The largest absolute Gasteiger partial charge is 0.251 e. The van der Waals surface area contributed by atoms with Crippen LogP contribution >= 0.6 is 11.3 Å². The molecule has 0 unspecified atom stereocenters. The van der Waals surface area contributed by atoms with Crippen LogP contribution in [-0.2, 0) is 6.42 Å². The van der Waals surface area contributed by atoms with E-state index in [1.54, 1.807) is 11.3 Å². The second-order valence-corrected chi connectivity index (χ2v) is 4.09. The number of hydrogen-bond donors (Lipinski definition) is 0. The average molecular weight is 204 g/mol. The van der Waals surface area contributed by atoms with Crippen LogP contribution in [0.2, 0.25) is 0 Å². The lowest BCUT2D eigenvalue weighted by atomic mass is 10.2. The van der Waals surface area contributed by atoms with Crippen molar-refractivity contribution in [3.05, 3.63) is 34.3 Å². The molecule has 0 N–H and O–H groups in total. The van der Waals surface area contributed by atoms with Gasteiger partial charge in [0.25, 0.3) is 0 Å². The van der Waals surface area contributed by atoms with E-state index in [0.29, 0.717) is 0 Å². The maximum Gasteiger partial charge on any atom is 0.0998 e. The maximum atomic E-state index is 4.50. The number of rotatable bonds is 2. The van der Waals surface area contributed by atoms with Crippen molar-refractivity contribution in [1.82, 2.24) is 9.97 Å². The molecule has 2 rings (SSSR count). The Balaban J connectivity index is 2.39. The monoisotopic (exact) mass is 204 g/mol. The summed E-state index contributed by atoms with van der Waals surface area (Å²) >= 11 is 1.70. The minimum Gasteiger partial charge on any atom is -0.251 e. The first-order chi connectivity index (χ1) is 6.79. The number of pyridine rings is 1. The van der Waals surface area contributed by atoms with Crippen molar-refractivity contribution in [3.8, 4) is 11.4 Å². The molecule has 3 heteroatoms. The summed E-state index contributed by atoms with van der Waals surface area (Å²) in [5.41, 5.74) is 3.00. The molecule has 0 bridgehead atoms. The van der Waals surface area contributed by atoms with Gasteiger partial charge in [-0.05, 0) is 25.5 Å². The minimum atomic E-state index is 0.973. The zero-order valence-electron chi connectivity index (χ0n) is 8.32. The molecule has 0 radical (unpaired) electrons. The molecule has 72 valence electrons. The van der Waals surface area contributed by atoms with Crippen LogP contribution in [0, 0.1) is 6.92 Å². The standard InChI is InChI=1S/C11H12N2S/c1-3-11-13-10(7-14-11)9-6-4-5-8(2)12-9/h4-7H,3H2,1-2H3. The fourth-order valence-electron chi connectivity index (χ4n) is 1.28. The molecule has 0 atom stereocenters. The first kappa shape index (κ1) is 9.34. The molecule has 2 heterocycles. The van der Waals surface area contributed by atoms with E-state index >= 15 is 0 Å². The molecule has 0 amide bonds. The van der Waals surface area contributed by atoms with E-state index in [9.17, 15) is 0 Å². The van der Waals surface area contributed by atoms with E-state index in [0.717, 1.165) is 23.5 Å². The number of nitrogens with zero attached hydrogens (tertiary/aromatic N) is 2. The fraction of sp³-hybridized carbons (Fsp3) is 0.273. The van der Waals surface area contributed by atoms with Crippen molar-refractivity contribution in [1.29, 1.82) is 0 Å². The molecule has 2 nitrogen and oxygen atoms in total. The number of aromatic nitrogens is 2. The first-order valence-corrected chi connectivity index (χ1v) is 5.56. The van der Waals surface area contributed by atoms with E-state index < -0.39 is 0 Å². The molecular formula is C11H12N2S. The molecule has 0 aliphatic rings. The van der Waals surface area contributed by atoms with Crippen LogP contribution in [0.15, 0.2) is 23.6 Å². The van der Waals surface area contributed by atoms with E-state index in [1.807, 2.05) is 25.1 Å². The minimum absolute atomic E-state index is 0.973. The van der Waals surface area contributed by atoms with Crippen molar-refractivity contribution in [2.24, 2.45) is 0 Å². The van der Waals surface area contributed by atoms with Gasteiger partial charge in [-0.25, -0.2) is 4.98 Å². The Hall–Kier alpha value is -1.22. The highest BCUT2D eigenvalue weighted by Crippen LogP contribution is 2.20. The second kappa shape index (κ2) is 3.88. The highest BCUT2D eigenvalue weighted by molar-refractivity contribution is 7.09. The van der Waals surface area contributed by atoms with Gasteiger partial charge in [0.15, 0.2) is 0 Å². The lowest BCUT2D eigenvalue weighted by molar-refractivity contribution is 1.09. The zero-order chi connectivity index (χ0) is 9.97. The van der Waals surface area contributed by atoms with Crippen LogP contribution in [0.4, 0.5) is 0 Å². The van der Waals surface area contributed by atoms with Gasteiger partial charge in [-0.2, -0.15) is 0 Å². The molecule has 2 aromatic heterocycles. The number of hydrogen-bond acceptors (Lipinski definition) is 3. The topological polar surface area (TPSA) is 25.8 Å². The summed E-state index contributed by atoms with van der Waals surface area (Å²) in [6.07, 6.45) is 0.997. The summed E-state index contributed by atoms with van der Waals surface area (Å²) in [4.78, 5) is 8.93. The Morgan fingerprint density at radius 3 is 2.71 bits per heavy atom. The Kier molecular flexibility index (Phi) is 2.59. The van der Waals surface area contributed by atoms with Crippen LogP contribution in [-0.4, -0.2) is 9.97 Å². The third-order valence-electron chi connectivity index (χ3n) is 2.00. The number of thiazole rings is 1. The van der Waals surface area contributed by atoms with Gasteiger partial charge in [0.05, 0.1) is 16.4 Å². The third kappa shape index (κ3) is 1.82. The van der Waals surface area contributed by atoms with Crippen molar-refractivity contribution in [2.45, 2.75) is 20.3 Å². The summed E-state index contributed by atoms with van der Waals surface area (Å²) in [7, 11) is 0. The molecule has 0 fully saturated rings. The van der Waals surface area contributed by atoms with Crippen molar-refractivity contribution >= 4 is 11.3 Å². The first-order valence-electron chi connectivity index (χ1n) is 4.68. The van der Waals surface area contributed by atoms with Gasteiger partial charge in [0.2, 0.25) is 0 Å². The molecule has 0 aliphatic heterocycles. The lowest BCUT2D eigenvalue weighted by Gasteiger charge is -1.96. The van der Waals surface area contributed by atoms with Crippen LogP contribution < -0.4 is 0 Å². The quantitative estimate of drug-likeness (QED) is 0.751. The third-order valence-corrected chi connectivity index (χ3v) is 3.00. The summed E-state index contributed by atoms with van der Waals surface area (Å²) in [5, 5.41) is 3.24. The molecule has 0 saturated carbocycles. The predicted molar refractivity (Wildman–Crippen MR) is 59.5 cm³/mol. The molecule has 0 aromatic carbocycles. The van der Waals surface area contributed by atoms with Crippen LogP contribution in [0.5, 0.6) is 0 Å². The Bertz CT molecular complexity index is 434. The molecule has 0 aliphatic carbocycles. The van der Waals surface area contributed by atoms with Crippen LogP contribution in [0.1, 0.15) is 17.6 Å². The highest BCUT2D eigenvalue weighted by Gasteiger charge is 2.03. The zero-order valence-corrected chi connectivity index (χ0v) is 9.14. The van der Waals surface area contributed by atoms with E-state index in [1.165, 1.54) is 5.01 Å². The Morgan fingerprint density at radius 1 is 1.21 bits per heavy atom. The van der Waals surface area contributed by atoms with Gasteiger partial charge < -0.3 is 0 Å². The van der Waals surface area contributed by atoms with E-state index in [2.05, 4.69) is 22.3 Å². The lowest BCUT2D eigenvalue weighted by Crippen LogP contribution is -1.86. The van der Waals surface area contributed by atoms with Gasteiger partial charge in [0, 0.05) is 11.1 Å². The molecule has 0 spiro atoms. The van der Waals surface area contributed by atoms with Crippen molar-refractivity contribution < 1.29 is 0 Å². The van der Waals surface area contributed by atoms with Gasteiger partial charge in [-0.15, -0.1) is 11.3 Å². The van der Waals surface area contributed by atoms with Gasteiger partial charge in [-0.3, -0.25) is 4.98 Å². The fourth-order valence-corrected chi connectivity index (χ4v) is 2.02. The summed E-state index contributed by atoms with van der Waals surface area (Å²) < 4.78 is 0. The van der Waals surface area contributed by atoms with Gasteiger partial charge >= 0.3 is 0 Å². The SMILES string of the molecule is CCc1nc(-c2cccc(C)n2)cs1. The number of aryl methyl sites for hydroxylation is 2. The van der Waals surface area contributed by atoms with Crippen LogP contribution in [0.3, 0.4) is 0 Å². The normalized spacial score (nSPS) is 10.4. The van der Waals surface area contributed by atoms with Crippen LogP contribution in [0.25, 0.3) is 11.4 Å². The van der Waals surface area contributed by atoms with Crippen molar-refractivity contribution in [3.63, 3.8) is 0 Å². The molecule has 14 heavy (non-hydrogen) atoms. The molecule has 2 aromatic rings.